The van der Waals surface area contributed by atoms with E-state index in [2.05, 4.69) is 10.1 Å². The van der Waals surface area contributed by atoms with Crippen molar-refractivity contribution < 1.29 is 19.1 Å². The molecule has 0 bridgehead atoms. The van der Waals surface area contributed by atoms with Crippen molar-refractivity contribution in [1.29, 1.82) is 0 Å². The molecule has 0 heterocycles. The molecule has 5 heteroatoms. The van der Waals surface area contributed by atoms with Crippen LogP contribution in [0, 0.1) is 0 Å². The van der Waals surface area contributed by atoms with Crippen molar-refractivity contribution in [2.24, 2.45) is 0 Å². The van der Waals surface area contributed by atoms with Crippen LogP contribution in [0.1, 0.15) is 27.2 Å². The molecular weight excluding hydrogens is 198 g/mol. The van der Waals surface area contributed by atoms with E-state index in [-0.39, 0.29) is 24.4 Å². The highest BCUT2D eigenvalue weighted by molar-refractivity contribution is 5.75. The number of ether oxygens (including phenoxy) is 2. The normalized spacial score (nSPS) is 14.1. The number of hydrogen-bond donors (Lipinski definition) is 1. The summed E-state index contributed by atoms with van der Waals surface area (Å²) >= 11 is 0. The molecule has 5 nitrogen and oxygen atoms in total. The molecule has 88 valence electrons. The third-order valence-electron chi connectivity index (χ3n) is 1.87. The first-order valence-corrected chi connectivity index (χ1v) is 5.00. The summed E-state index contributed by atoms with van der Waals surface area (Å²) in [5.41, 5.74) is 0. The predicted octanol–water partition coefficient (Wildman–Crippen LogP) is 0.479. The third-order valence-corrected chi connectivity index (χ3v) is 1.87. The van der Waals surface area contributed by atoms with Crippen LogP contribution in [-0.2, 0) is 19.1 Å². The first-order valence-electron chi connectivity index (χ1n) is 5.00. The molecule has 0 aliphatic carbocycles. The Morgan fingerprint density at radius 2 is 1.93 bits per heavy atom. The quantitative estimate of drug-likeness (QED) is 0.655. The lowest BCUT2D eigenvalue weighted by atomic mass is 10.2. The van der Waals surface area contributed by atoms with Crippen molar-refractivity contribution in [2.45, 2.75) is 39.3 Å². The summed E-state index contributed by atoms with van der Waals surface area (Å²) in [5.74, 6) is -0.611. The van der Waals surface area contributed by atoms with Gasteiger partial charge in [-0.1, -0.05) is 0 Å². The van der Waals surface area contributed by atoms with Crippen molar-refractivity contribution >= 4 is 11.9 Å². The number of carbonyl (C=O) groups excluding carboxylic acids is 2. The Kier molecular flexibility index (Phi) is 6.70. The summed E-state index contributed by atoms with van der Waals surface area (Å²) in [5, 5.41) is 2.94. The zero-order chi connectivity index (χ0) is 11.8. The Morgan fingerprint density at radius 3 is 2.40 bits per heavy atom. The molecule has 0 spiro atoms. The zero-order valence-corrected chi connectivity index (χ0v) is 9.70. The smallest absolute Gasteiger partial charge is 0.322 e. The van der Waals surface area contributed by atoms with Crippen LogP contribution in [0.3, 0.4) is 0 Å². The van der Waals surface area contributed by atoms with Crippen molar-refractivity contribution in [3.8, 4) is 0 Å². The number of hydrogen-bond acceptors (Lipinski definition) is 5. The fourth-order valence-electron chi connectivity index (χ4n) is 1.20. The summed E-state index contributed by atoms with van der Waals surface area (Å²) in [6.07, 6.45) is 0.245. The molecule has 0 saturated heterocycles. The zero-order valence-electron chi connectivity index (χ0n) is 9.70. The molecule has 1 N–H and O–H groups in total. The number of esters is 2. The molecule has 0 fully saturated rings. The lowest BCUT2D eigenvalue weighted by molar-refractivity contribution is -0.145. The van der Waals surface area contributed by atoms with Gasteiger partial charge >= 0.3 is 11.9 Å². The van der Waals surface area contributed by atoms with Crippen molar-refractivity contribution in [1.82, 2.24) is 5.32 Å². The van der Waals surface area contributed by atoms with E-state index in [4.69, 9.17) is 4.74 Å². The Bertz CT molecular complexity index is 217. The van der Waals surface area contributed by atoms with Crippen LogP contribution >= 0.6 is 0 Å². The molecule has 0 amide bonds. The first kappa shape index (κ1) is 13.9. The molecule has 0 aromatic rings. The Hall–Kier alpha value is -1.10. The van der Waals surface area contributed by atoms with Crippen LogP contribution in [0.2, 0.25) is 0 Å². The first-order chi connectivity index (χ1) is 7.01. The second-order valence-corrected chi connectivity index (χ2v) is 3.32. The van der Waals surface area contributed by atoms with Gasteiger partial charge in [-0.3, -0.25) is 9.59 Å². The molecule has 0 rings (SSSR count). The second kappa shape index (κ2) is 7.23. The van der Waals surface area contributed by atoms with Crippen molar-refractivity contribution in [2.75, 3.05) is 13.7 Å². The fourth-order valence-corrected chi connectivity index (χ4v) is 1.20. The van der Waals surface area contributed by atoms with Gasteiger partial charge in [0.05, 0.1) is 20.1 Å². The summed E-state index contributed by atoms with van der Waals surface area (Å²) in [7, 11) is 1.33. The third kappa shape index (κ3) is 6.06. The van der Waals surface area contributed by atoms with E-state index in [9.17, 15) is 9.59 Å². The van der Waals surface area contributed by atoms with E-state index in [1.54, 1.807) is 13.8 Å². The monoisotopic (exact) mass is 217 g/mol. The van der Waals surface area contributed by atoms with Crippen LogP contribution in [0.25, 0.3) is 0 Å². The van der Waals surface area contributed by atoms with E-state index in [0.29, 0.717) is 6.61 Å². The van der Waals surface area contributed by atoms with Gasteiger partial charge in [0.25, 0.3) is 0 Å². The minimum atomic E-state index is -0.417. The maximum atomic E-state index is 11.1. The second-order valence-electron chi connectivity index (χ2n) is 3.32. The van der Waals surface area contributed by atoms with Crippen LogP contribution in [0.15, 0.2) is 0 Å². The molecule has 0 aromatic carbocycles. The SMILES string of the molecule is CCOC(=O)CC(C)NC(C)C(=O)OC. The van der Waals surface area contributed by atoms with Gasteiger partial charge in [0, 0.05) is 6.04 Å². The Labute approximate surface area is 90.1 Å². The molecule has 2 unspecified atom stereocenters. The molecular formula is C10H19NO4. The summed E-state index contributed by atoms with van der Waals surface area (Å²) in [4.78, 5) is 22.2. The predicted molar refractivity (Wildman–Crippen MR) is 55.3 cm³/mol. The number of methoxy groups -OCH3 is 1. The van der Waals surface area contributed by atoms with E-state index in [1.807, 2.05) is 6.92 Å². The topological polar surface area (TPSA) is 64.6 Å². The van der Waals surface area contributed by atoms with E-state index < -0.39 is 6.04 Å². The minimum absolute atomic E-state index is 0.113. The molecule has 0 aliphatic heterocycles. The molecule has 0 aromatic heterocycles. The highest BCUT2D eigenvalue weighted by Crippen LogP contribution is 1.97. The average Bonchev–Trinajstić information content (AvgIpc) is 2.16. The summed E-state index contributed by atoms with van der Waals surface area (Å²) in [6, 6.07) is -0.530. The fraction of sp³-hybridized carbons (Fsp3) is 0.800. The highest BCUT2D eigenvalue weighted by Gasteiger charge is 2.17. The van der Waals surface area contributed by atoms with Crippen LogP contribution in [0.4, 0.5) is 0 Å². The lowest BCUT2D eigenvalue weighted by Crippen LogP contribution is -2.41. The number of rotatable bonds is 6. The van der Waals surface area contributed by atoms with Gasteiger partial charge in [0.2, 0.25) is 0 Å². The van der Waals surface area contributed by atoms with E-state index in [0.717, 1.165) is 0 Å². The molecule has 15 heavy (non-hydrogen) atoms. The van der Waals surface area contributed by atoms with Crippen molar-refractivity contribution in [3.05, 3.63) is 0 Å². The van der Waals surface area contributed by atoms with Gasteiger partial charge in [-0.15, -0.1) is 0 Å². The van der Waals surface area contributed by atoms with Gasteiger partial charge in [0.15, 0.2) is 0 Å². The highest BCUT2D eigenvalue weighted by atomic mass is 16.5. The largest absolute Gasteiger partial charge is 0.468 e. The molecule has 0 aliphatic rings. The molecule has 0 radical (unpaired) electrons. The maximum Gasteiger partial charge on any atom is 0.322 e. The molecule has 0 saturated carbocycles. The average molecular weight is 217 g/mol. The minimum Gasteiger partial charge on any atom is -0.468 e. The van der Waals surface area contributed by atoms with E-state index in [1.165, 1.54) is 7.11 Å². The van der Waals surface area contributed by atoms with Gasteiger partial charge < -0.3 is 14.8 Å². The number of carbonyl (C=O) groups is 2. The number of nitrogens with one attached hydrogen (secondary N) is 1. The summed E-state index contributed by atoms with van der Waals surface area (Å²) in [6.45, 7) is 5.63. The van der Waals surface area contributed by atoms with Gasteiger partial charge in [0.1, 0.15) is 6.04 Å². The summed E-state index contributed by atoms with van der Waals surface area (Å²) < 4.78 is 9.33. The van der Waals surface area contributed by atoms with Gasteiger partial charge in [-0.05, 0) is 20.8 Å². The maximum absolute atomic E-state index is 11.1. The Balaban J connectivity index is 3.87. The Morgan fingerprint density at radius 1 is 1.33 bits per heavy atom. The van der Waals surface area contributed by atoms with Crippen molar-refractivity contribution in [3.63, 3.8) is 0 Å². The van der Waals surface area contributed by atoms with Crippen LogP contribution in [-0.4, -0.2) is 37.7 Å². The van der Waals surface area contributed by atoms with Gasteiger partial charge in [-0.25, -0.2) is 0 Å². The van der Waals surface area contributed by atoms with Crippen LogP contribution < -0.4 is 5.32 Å². The standard InChI is InChI=1S/C10H19NO4/c1-5-15-9(12)6-7(2)11-8(3)10(13)14-4/h7-8,11H,5-6H2,1-4H3. The lowest BCUT2D eigenvalue weighted by Gasteiger charge is -2.17. The van der Waals surface area contributed by atoms with Gasteiger partial charge in [-0.2, -0.15) is 0 Å². The van der Waals surface area contributed by atoms with Crippen LogP contribution in [0.5, 0.6) is 0 Å². The molecule has 2 atom stereocenters. The van der Waals surface area contributed by atoms with E-state index >= 15 is 0 Å².